The Hall–Kier alpha value is -2.55. The van der Waals surface area contributed by atoms with E-state index in [4.69, 9.17) is 5.73 Å². The highest BCUT2D eigenvalue weighted by molar-refractivity contribution is 5.75. The van der Waals surface area contributed by atoms with Crippen molar-refractivity contribution in [3.63, 3.8) is 0 Å². The third-order valence-electron chi connectivity index (χ3n) is 2.34. The Kier molecular flexibility index (Phi) is 4.48. The van der Waals surface area contributed by atoms with Gasteiger partial charge in [-0.15, -0.1) is 0 Å². The Labute approximate surface area is 107 Å². The lowest BCUT2D eigenvalue weighted by Gasteiger charge is -2.08. The van der Waals surface area contributed by atoms with Gasteiger partial charge in [-0.05, 0) is 12.0 Å². The van der Waals surface area contributed by atoms with E-state index in [-0.39, 0.29) is 12.0 Å². The number of carbonyl (C=O) groups is 1. The molecule has 0 saturated carbocycles. The molecule has 0 aliphatic carbocycles. The smallest absolute Gasteiger partial charge is 0.322 e. The van der Waals surface area contributed by atoms with Gasteiger partial charge in [-0.25, -0.2) is 0 Å². The summed E-state index contributed by atoms with van der Waals surface area (Å²) in [6.45, 7) is 0. The van der Waals surface area contributed by atoms with Crippen LogP contribution < -0.4 is 5.73 Å². The molecule has 0 aliphatic heterocycles. The van der Waals surface area contributed by atoms with Crippen molar-refractivity contribution in [2.75, 3.05) is 7.11 Å². The molecule has 0 fully saturated rings. The van der Waals surface area contributed by atoms with Gasteiger partial charge in [0.25, 0.3) is 11.4 Å². The number of hydrogen-bond acceptors (Lipinski definition) is 7. The SMILES string of the molecule is COC(=O)C(N)Cc1cc([N+](=O)[O-])cc([N+](=O)[O-])c1. The number of non-ortho nitro benzene ring substituents is 2. The molecule has 0 aromatic heterocycles. The van der Waals surface area contributed by atoms with Gasteiger partial charge in [0, 0.05) is 12.1 Å². The fourth-order valence-corrected chi connectivity index (χ4v) is 1.47. The van der Waals surface area contributed by atoms with Gasteiger partial charge in [0.05, 0.1) is 23.0 Å². The van der Waals surface area contributed by atoms with Crippen LogP contribution in [0.3, 0.4) is 0 Å². The molecule has 102 valence electrons. The van der Waals surface area contributed by atoms with Gasteiger partial charge in [-0.1, -0.05) is 0 Å². The molecular formula is C10H11N3O6. The number of esters is 1. The van der Waals surface area contributed by atoms with Crippen LogP contribution in [0.15, 0.2) is 18.2 Å². The van der Waals surface area contributed by atoms with E-state index in [1.807, 2.05) is 0 Å². The summed E-state index contributed by atoms with van der Waals surface area (Å²) in [6, 6.07) is 2.07. The zero-order chi connectivity index (χ0) is 14.6. The van der Waals surface area contributed by atoms with Crippen LogP contribution in [0.2, 0.25) is 0 Å². The van der Waals surface area contributed by atoms with Crippen molar-refractivity contribution in [3.05, 3.63) is 44.0 Å². The van der Waals surface area contributed by atoms with Crippen LogP contribution in [0.4, 0.5) is 11.4 Å². The molecular weight excluding hydrogens is 258 g/mol. The molecule has 2 N–H and O–H groups in total. The molecule has 0 radical (unpaired) electrons. The summed E-state index contributed by atoms with van der Waals surface area (Å²) in [6.07, 6.45) is -0.0881. The van der Waals surface area contributed by atoms with E-state index in [0.717, 1.165) is 25.3 Å². The first-order valence-electron chi connectivity index (χ1n) is 5.11. The van der Waals surface area contributed by atoms with Crippen LogP contribution in [0.25, 0.3) is 0 Å². The molecule has 0 amide bonds. The van der Waals surface area contributed by atoms with E-state index in [2.05, 4.69) is 4.74 Å². The number of ether oxygens (including phenoxy) is 1. The number of nitro groups is 2. The van der Waals surface area contributed by atoms with Crippen molar-refractivity contribution in [3.8, 4) is 0 Å². The van der Waals surface area contributed by atoms with E-state index in [1.54, 1.807) is 0 Å². The van der Waals surface area contributed by atoms with Crippen LogP contribution >= 0.6 is 0 Å². The fourth-order valence-electron chi connectivity index (χ4n) is 1.47. The topological polar surface area (TPSA) is 139 Å². The summed E-state index contributed by atoms with van der Waals surface area (Å²) < 4.78 is 4.41. The maximum Gasteiger partial charge on any atom is 0.322 e. The highest BCUT2D eigenvalue weighted by Gasteiger charge is 2.20. The summed E-state index contributed by atoms with van der Waals surface area (Å²) in [7, 11) is 1.15. The second-order valence-electron chi connectivity index (χ2n) is 3.71. The van der Waals surface area contributed by atoms with Gasteiger partial charge in [-0.2, -0.15) is 0 Å². The number of nitrogens with zero attached hydrogens (tertiary/aromatic N) is 2. The fraction of sp³-hybridized carbons (Fsp3) is 0.300. The summed E-state index contributed by atoms with van der Waals surface area (Å²) in [4.78, 5) is 31.0. The van der Waals surface area contributed by atoms with Gasteiger partial charge < -0.3 is 10.5 Å². The molecule has 0 heterocycles. The number of benzene rings is 1. The van der Waals surface area contributed by atoms with Gasteiger partial charge in [0.15, 0.2) is 0 Å². The number of nitrogens with two attached hydrogens (primary N) is 1. The average molecular weight is 269 g/mol. The molecule has 0 aliphatic rings. The summed E-state index contributed by atoms with van der Waals surface area (Å²) in [5.41, 5.74) is 4.86. The summed E-state index contributed by atoms with van der Waals surface area (Å²) in [5.74, 6) is -0.700. The van der Waals surface area contributed by atoms with Crippen molar-refractivity contribution in [2.24, 2.45) is 5.73 Å². The van der Waals surface area contributed by atoms with Crippen LogP contribution in [0.1, 0.15) is 5.56 Å². The maximum atomic E-state index is 11.1. The molecule has 1 aromatic rings. The molecule has 1 rings (SSSR count). The first-order valence-corrected chi connectivity index (χ1v) is 5.11. The molecule has 0 bridgehead atoms. The van der Waals surface area contributed by atoms with Crippen molar-refractivity contribution in [1.29, 1.82) is 0 Å². The largest absolute Gasteiger partial charge is 0.468 e. The van der Waals surface area contributed by atoms with Crippen molar-refractivity contribution in [2.45, 2.75) is 12.5 Å². The van der Waals surface area contributed by atoms with Crippen LogP contribution in [-0.4, -0.2) is 29.0 Å². The van der Waals surface area contributed by atoms with Crippen molar-refractivity contribution < 1.29 is 19.4 Å². The molecule has 0 saturated heterocycles. The molecule has 9 heteroatoms. The van der Waals surface area contributed by atoms with E-state index >= 15 is 0 Å². The number of methoxy groups -OCH3 is 1. The normalized spacial score (nSPS) is 11.7. The quantitative estimate of drug-likeness (QED) is 0.467. The van der Waals surface area contributed by atoms with Crippen LogP contribution in [-0.2, 0) is 16.0 Å². The monoisotopic (exact) mass is 269 g/mol. The van der Waals surface area contributed by atoms with Gasteiger partial charge in [0.2, 0.25) is 0 Å². The van der Waals surface area contributed by atoms with Crippen LogP contribution in [0, 0.1) is 20.2 Å². The molecule has 1 aromatic carbocycles. The maximum absolute atomic E-state index is 11.1. The predicted octanol–water partition coefficient (Wildman–Crippen LogP) is 0.546. The Bertz CT molecular complexity index is 498. The minimum Gasteiger partial charge on any atom is -0.468 e. The number of rotatable bonds is 5. The second-order valence-corrected chi connectivity index (χ2v) is 3.71. The third-order valence-corrected chi connectivity index (χ3v) is 2.34. The van der Waals surface area contributed by atoms with Crippen LogP contribution in [0.5, 0.6) is 0 Å². The van der Waals surface area contributed by atoms with Crippen molar-refractivity contribution >= 4 is 17.3 Å². The zero-order valence-electron chi connectivity index (χ0n) is 9.94. The number of carbonyl (C=O) groups excluding carboxylic acids is 1. The minimum atomic E-state index is -1.04. The molecule has 19 heavy (non-hydrogen) atoms. The first-order chi connectivity index (χ1) is 8.85. The van der Waals surface area contributed by atoms with E-state index in [0.29, 0.717) is 0 Å². The predicted molar refractivity (Wildman–Crippen MR) is 63.4 cm³/mol. The highest BCUT2D eigenvalue weighted by Crippen LogP contribution is 2.23. The third kappa shape index (κ3) is 3.71. The lowest BCUT2D eigenvalue weighted by Crippen LogP contribution is -2.33. The second kappa shape index (κ2) is 5.87. The standard InChI is InChI=1S/C10H11N3O6/c1-19-10(14)9(11)4-6-2-7(12(15)16)5-8(3-6)13(17)18/h2-3,5,9H,4,11H2,1H3. The molecule has 9 nitrogen and oxygen atoms in total. The summed E-state index contributed by atoms with van der Waals surface area (Å²) >= 11 is 0. The molecule has 1 atom stereocenters. The van der Waals surface area contributed by atoms with Gasteiger partial charge in [-0.3, -0.25) is 25.0 Å². The number of hydrogen-bond donors (Lipinski definition) is 1. The zero-order valence-corrected chi connectivity index (χ0v) is 9.94. The van der Waals surface area contributed by atoms with E-state index < -0.39 is 33.2 Å². The lowest BCUT2D eigenvalue weighted by molar-refractivity contribution is -0.394. The average Bonchev–Trinajstić information content (AvgIpc) is 2.37. The van der Waals surface area contributed by atoms with E-state index in [1.165, 1.54) is 0 Å². The Morgan fingerprint density at radius 1 is 1.26 bits per heavy atom. The van der Waals surface area contributed by atoms with Crippen molar-refractivity contribution in [1.82, 2.24) is 0 Å². The number of nitro benzene ring substituents is 2. The van der Waals surface area contributed by atoms with Gasteiger partial charge in [0.1, 0.15) is 6.04 Å². The summed E-state index contributed by atoms with van der Waals surface area (Å²) in [5, 5.41) is 21.3. The highest BCUT2D eigenvalue weighted by atomic mass is 16.6. The lowest BCUT2D eigenvalue weighted by atomic mass is 10.1. The Morgan fingerprint density at radius 2 is 1.74 bits per heavy atom. The Morgan fingerprint density at radius 3 is 2.11 bits per heavy atom. The first kappa shape index (κ1) is 14.5. The minimum absolute atomic E-state index is 0.0881. The van der Waals surface area contributed by atoms with Gasteiger partial charge >= 0.3 is 5.97 Å². The molecule has 0 spiro atoms. The van der Waals surface area contributed by atoms with E-state index in [9.17, 15) is 25.0 Å². The molecule has 1 unspecified atom stereocenters. The Balaban J connectivity index is 3.09.